The van der Waals surface area contributed by atoms with Crippen molar-refractivity contribution < 1.29 is 13.9 Å². The van der Waals surface area contributed by atoms with Gasteiger partial charge in [0, 0.05) is 32.2 Å². The molecule has 1 N–H and O–H groups in total. The fraction of sp³-hybridized carbons (Fsp3) is 0.471. The summed E-state index contributed by atoms with van der Waals surface area (Å²) in [6.07, 6.45) is 4.66. The standard InChI is InChI=1S/C17H21N3O4/c21-16(18-12-13-4-2-10-23-13)6-1-9-20-17(22)8-7-14(19-20)15-5-3-11-24-15/h3,5,7-8,11,13H,1-2,4,6,9-10,12H2,(H,18,21). The molecule has 7 heteroatoms. The third kappa shape index (κ3) is 4.32. The first-order valence-electron chi connectivity index (χ1n) is 8.23. The molecule has 7 nitrogen and oxygen atoms in total. The van der Waals surface area contributed by atoms with Crippen LogP contribution in [0.5, 0.6) is 0 Å². The maximum Gasteiger partial charge on any atom is 0.266 e. The molecule has 1 saturated heterocycles. The lowest BCUT2D eigenvalue weighted by Gasteiger charge is -2.11. The summed E-state index contributed by atoms with van der Waals surface area (Å²) in [5.41, 5.74) is 0.410. The van der Waals surface area contributed by atoms with Crippen molar-refractivity contribution in [2.75, 3.05) is 13.2 Å². The predicted octanol–water partition coefficient (Wildman–Crippen LogP) is 1.58. The second-order valence-corrected chi connectivity index (χ2v) is 5.80. The molecule has 1 amide bonds. The van der Waals surface area contributed by atoms with Crippen molar-refractivity contribution in [1.82, 2.24) is 15.1 Å². The molecular formula is C17H21N3O4. The monoisotopic (exact) mass is 331 g/mol. The summed E-state index contributed by atoms with van der Waals surface area (Å²) in [6, 6.07) is 6.65. The molecule has 1 aliphatic heterocycles. The maximum atomic E-state index is 11.9. The zero-order valence-corrected chi connectivity index (χ0v) is 13.4. The third-order valence-corrected chi connectivity index (χ3v) is 3.96. The normalized spacial score (nSPS) is 17.1. The van der Waals surface area contributed by atoms with E-state index in [-0.39, 0.29) is 17.6 Å². The lowest BCUT2D eigenvalue weighted by molar-refractivity contribution is -0.121. The lowest BCUT2D eigenvalue weighted by atomic mass is 10.2. The van der Waals surface area contributed by atoms with E-state index in [4.69, 9.17) is 9.15 Å². The van der Waals surface area contributed by atoms with Gasteiger partial charge in [0.1, 0.15) is 5.69 Å². The van der Waals surface area contributed by atoms with Crippen molar-refractivity contribution in [3.05, 3.63) is 40.9 Å². The molecule has 0 aromatic carbocycles. The molecular weight excluding hydrogens is 310 g/mol. The van der Waals surface area contributed by atoms with Crippen LogP contribution >= 0.6 is 0 Å². The zero-order chi connectivity index (χ0) is 16.8. The first kappa shape index (κ1) is 16.4. The number of hydrogen-bond acceptors (Lipinski definition) is 5. The van der Waals surface area contributed by atoms with E-state index in [1.54, 1.807) is 24.5 Å². The minimum atomic E-state index is -0.190. The van der Waals surface area contributed by atoms with Crippen LogP contribution in [-0.4, -0.2) is 34.9 Å². The number of aryl methyl sites for hydroxylation is 1. The molecule has 3 heterocycles. The van der Waals surface area contributed by atoms with Crippen LogP contribution in [0.15, 0.2) is 39.7 Å². The first-order chi connectivity index (χ1) is 11.7. The number of carbonyl (C=O) groups excluding carboxylic acids is 1. The quantitative estimate of drug-likeness (QED) is 0.832. The number of rotatable bonds is 7. The molecule has 2 aromatic rings. The number of nitrogens with zero attached hydrogens (tertiary/aromatic N) is 2. The molecule has 1 unspecified atom stereocenters. The van der Waals surface area contributed by atoms with Gasteiger partial charge in [-0.25, -0.2) is 4.68 Å². The highest BCUT2D eigenvalue weighted by Crippen LogP contribution is 2.15. The van der Waals surface area contributed by atoms with Crippen LogP contribution in [0.1, 0.15) is 25.7 Å². The minimum Gasteiger partial charge on any atom is -0.463 e. The molecule has 0 spiro atoms. The summed E-state index contributed by atoms with van der Waals surface area (Å²) < 4.78 is 12.1. The fourth-order valence-corrected chi connectivity index (χ4v) is 2.68. The van der Waals surface area contributed by atoms with Crippen LogP contribution in [0.25, 0.3) is 11.5 Å². The van der Waals surface area contributed by atoms with E-state index in [0.29, 0.717) is 37.4 Å². The van der Waals surface area contributed by atoms with Crippen molar-refractivity contribution in [3.8, 4) is 11.5 Å². The molecule has 0 radical (unpaired) electrons. The fourth-order valence-electron chi connectivity index (χ4n) is 2.68. The second kappa shape index (κ2) is 7.92. The highest BCUT2D eigenvalue weighted by atomic mass is 16.5. The smallest absolute Gasteiger partial charge is 0.266 e. The molecule has 128 valence electrons. The largest absolute Gasteiger partial charge is 0.463 e. The van der Waals surface area contributed by atoms with Crippen molar-refractivity contribution in [2.45, 2.75) is 38.3 Å². The summed E-state index contributed by atoms with van der Waals surface area (Å²) in [5.74, 6) is 0.582. The number of aromatic nitrogens is 2. The van der Waals surface area contributed by atoms with E-state index in [2.05, 4.69) is 10.4 Å². The highest BCUT2D eigenvalue weighted by Gasteiger charge is 2.16. The van der Waals surface area contributed by atoms with Gasteiger partial charge in [0.2, 0.25) is 5.91 Å². The Labute approximate surface area is 139 Å². The Morgan fingerprint density at radius 3 is 3.04 bits per heavy atom. The predicted molar refractivity (Wildman–Crippen MR) is 87.4 cm³/mol. The Hall–Kier alpha value is -2.41. The lowest BCUT2D eigenvalue weighted by Crippen LogP contribution is -2.32. The van der Waals surface area contributed by atoms with Crippen LogP contribution in [0, 0.1) is 0 Å². The second-order valence-electron chi connectivity index (χ2n) is 5.80. The number of carbonyl (C=O) groups is 1. The molecule has 1 aliphatic rings. The Bertz CT molecular complexity index is 718. The minimum absolute atomic E-state index is 0.0271. The molecule has 2 aromatic heterocycles. The van der Waals surface area contributed by atoms with E-state index in [9.17, 15) is 9.59 Å². The van der Waals surface area contributed by atoms with Crippen LogP contribution in [0.4, 0.5) is 0 Å². The van der Waals surface area contributed by atoms with Gasteiger partial charge in [0.15, 0.2) is 5.76 Å². The van der Waals surface area contributed by atoms with E-state index >= 15 is 0 Å². The number of nitrogens with one attached hydrogen (secondary N) is 1. The molecule has 1 atom stereocenters. The van der Waals surface area contributed by atoms with Gasteiger partial charge >= 0.3 is 0 Å². The topological polar surface area (TPSA) is 86.4 Å². The molecule has 3 rings (SSSR count). The van der Waals surface area contributed by atoms with E-state index < -0.39 is 0 Å². The average molecular weight is 331 g/mol. The van der Waals surface area contributed by atoms with Gasteiger partial charge < -0.3 is 14.5 Å². The number of furan rings is 1. The van der Waals surface area contributed by atoms with Crippen molar-refractivity contribution in [2.24, 2.45) is 0 Å². The summed E-state index contributed by atoms with van der Waals surface area (Å²) >= 11 is 0. The van der Waals surface area contributed by atoms with E-state index in [0.717, 1.165) is 19.4 Å². The van der Waals surface area contributed by atoms with Crippen LogP contribution in [0.2, 0.25) is 0 Å². The molecule has 0 aliphatic carbocycles. The summed E-state index contributed by atoms with van der Waals surface area (Å²) in [4.78, 5) is 23.7. The molecule has 1 fully saturated rings. The van der Waals surface area contributed by atoms with Crippen molar-refractivity contribution >= 4 is 5.91 Å². The first-order valence-corrected chi connectivity index (χ1v) is 8.23. The number of ether oxygens (including phenoxy) is 1. The van der Waals surface area contributed by atoms with Gasteiger partial charge in [0.05, 0.1) is 12.4 Å². The number of amides is 1. The van der Waals surface area contributed by atoms with Crippen molar-refractivity contribution in [1.29, 1.82) is 0 Å². The Balaban J connectivity index is 1.48. The SMILES string of the molecule is O=C(CCCn1nc(-c2ccco2)ccc1=O)NCC1CCCO1. The molecule has 0 saturated carbocycles. The van der Waals surface area contributed by atoms with Crippen LogP contribution in [0.3, 0.4) is 0 Å². The van der Waals surface area contributed by atoms with Gasteiger partial charge in [-0.05, 0) is 37.5 Å². The summed E-state index contributed by atoms with van der Waals surface area (Å²) in [5, 5.41) is 7.15. The zero-order valence-electron chi connectivity index (χ0n) is 13.4. The molecule has 0 bridgehead atoms. The Kier molecular flexibility index (Phi) is 5.43. The van der Waals surface area contributed by atoms with Crippen LogP contribution in [-0.2, 0) is 16.1 Å². The van der Waals surface area contributed by atoms with Crippen LogP contribution < -0.4 is 10.9 Å². The van der Waals surface area contributed by atoms with Crippen molar-refractivity contribution in [3.63, 3.8) is 0 Å². The summed E-state index contributed by atoms with van der Waals surface area (Å²) in [7, 11) is 0. The van der Waals surface area contributed by atoms with Gasteiger partial charge in [0.25, 0.3) is 5.56 Å². The maximum absolute atomic E-state index is 11.9. The number of hydrogen-bond donors (Lipinski definition) is 1. The van der Waals surface area contributed by atoms with Gasteiger partial charge in [-0.15, -0.1) is 0 Å². The third-order valence-electron chi connectivity index (χ3n) is 3.96. The van der Waals surface area contributed by atoms with Gasteiger partial charge in [-0.1, -0.05) is 0 Å². The Morgan fingerprint density at radius 1 is 1.38 bits per heavy atom. The van der Waals surface area contributed by atoms with E-state index in [1.807, 2.05) is 0 Å². The van der Waals surface area contributed by atoms with E-state index in [1.165, 1.54) is 10.7 Å². The molecule has 24 heavy (non-hydrogen) atoms. The average Bonchev–Trinajstić information content (AvgIpc) is 3.28. The highest BCUT2D eigenvalue weighted by molar-refractivity contribution is 5.75. The van der Waals surface area contributed by atoms with Gasteiger partial charge in [-0.2, -0.15) is 5.10 Å². The summed E-state index contributed by atoms with van der Waals surface area (Å²) in [6.45, 7) is 1.73. The Morgan fingerprint density at radius 2 is 2.29 bits per heavy atom. The van der Waals surface area contributed by atoms with Gasteiger partial charge in [-0.3, -0.25) is 9.59 Å².